The van der Waals surface area contributed by atoms with Gasteiger partial charge in [0.15, 0.2) is 0 Å². The zero-order chi connectivity index (χ0) is 26.4. The van der Waals surface area contributed by atoms with E-state index >= 15 is 0 Å². The summed E-state index contributed by atoms with van der Waals surface area (Å²) in [6, 6.07) is 18.1. The van der Waals surface area contributed by atoms with Gasteiger partial charge in [-0.05, 0) is 53.1 Å². The molecular weight excluding hydrogens is 546 g/mol. The molecule has 37 heavy (non-hydrogen) atoms. The maximum atomic E-state index is 12.8. The molecule has 0 spiro atoms. The van der Waals surface area contributed by atoms with E-state index in [-0.39, 0.29) is 11.7 Å². The summed E-state index contributed by atoms with van der Waals surface area (Å²) in [6.07, 6.45) is -1.82. The second-order valence-electron chi connectivity index (χ2n) is 7.78. The van der Waals surface area contributed by atoms with E-state index in [0.29, 0.717) is 50.6 Å². The number of hydrogen-bond acceptors (Lipinski definition) is 4. The van der Waals surface area contributed by atoms with Gasteiger partial charge >= 0.3 is 6.36 Å². The summed E-state index contributed by atoms with van der Waals surface area (Å²) in [5.74, 6) is 0.648. The summed E-state index contributed by atoms with van der Waals surface area (Å²) in [6.45, 7) is 0.419. The predicted molar refractivity (Wildman–Crippen MR) is 141 cm³/mol. The highest BCUT2D eigenvalue weighted by Gasteiger charge is 2.31. The van der Waals surface area contributed by atoms with Crippen LogP contribution in [0, 0.1) is 0 Å². The van der Waals surface area contributed by atoms with Gasteiger partial charge in [-0.25, -0.2) is 4.98 Å². The Hall–Kier alpha value is -3.14. The molecule has 0 unspecified atom stereocenters. The fourth-order valence-electron chi connectivity index (χ4n) is 3.55. The summed E-state index contributed by atoms with van der Waals surface area (Å²) in [5, 5.41) is 4.09. The van der Waals surface area contributed by atoms with E-state index in [2.05, 4.69) is 15.0 Å². The molecule has 0 saturated carbocycles. The number of nitrogens with one attached hydrogen (secondary N) is 1. The molecule has 0 fully saturated rings. The number of imidazole rings is 1. The van der Waals surface area contributed by atoms with E-state index in [9.17, 15) is 18.0 Å². The van der Waals surface area contributed by atoms with E-state index in [1.807, 2.05) is 0 Å². The van der Waals surface area contributed by atoms with Crippen LogP contribution in [0.15, 0.2) is 79.3 Å². The van der Waals surface area contributed by atoms with Crippen LogP contribution in [0.1, 0.15) is 16.1 Å². The molecule has 11 heteroatoms. The number of carbonyl (C=O) groups excluding carboxylic acids is 1. The first-order chi connectivity index (χ1) is 17.7. The summed E-state index contributed by atoms with van der Waals surface area (Å²) < 4.78 is 43.5. The van der Waals surface area contributed by atoms with Gasteiger partial charge in [-0.2, -0.15) is 11.8 Å². The largest absolute Gasteiger partial charge is 0.573 e. The van der Waals surface area contributed by atoms with Gasteiger partial charge in [0.25, 0.3) is 5.91 Å². The molecule has 0 saturated heterocycles. The Morgan fingerprint density at radius 3 is 2.41 bits per heavy atom. The molecule has 1 aromatic heterocycles. The van der Waals surface area contributed by atoms with Crippen LogP contribution < -0.4 is 10.1 Å². The van der Waals surface area contributed by atoms with Crippen LogP contribution in [-0.4, -0.2) is 34.1 Å². The summed E-state index contributed by atoms with van der Waals surface area (Å²) in [4.78, 5) is 16.9. The average Bonchev–Trinajstić information content (AvgIpc) is 3.35. The minimum absolute atomic E-state index is 0.306. The maximum absolute atomic E-state index is 12.8. The van der Waals surface area contributed by atoms with Crippen LogP contribution in [-0.2, 0) is 5.75 Å². The normalized spacial score (nSPS) is 11.4. The van der Waals surface area contributed by atoms with Crippen molar-refractivity contribution in [3.05, 3.63) is 101 Å². The second kappa shape index (κ2) is 11.9. The maximum Gasteiger partial charge on any atom is 0.573 e. The lowest BCUT2D eigenvalue weighted by molar-refractivity contribution is -0.274. The molecule has 0 atom stereocenters. The smallest absolute Gasteiger partial charge is 0.406 e. The highest BCUT2D eigenvalue weighted by Crippen LogP contribution is 2.30. The van der Waals surface area contributed by atoms with E-state index in [0.717, 1.165) is 5.56 Å². The van der Waals surface area contributed by atoms with Crippen molar-refractivity contribution in [3.8, 4) is 22.6 Å². The first-order valence-corrected chi connectivity index (χ1v) is 12.9. The molecule has 5 nitrogen and oxygen atoms in total. The van der Waals surface area contributed by atoms with Gasteiger partial charge in [0.2, 0.25) is 0 Å². The predicted octanol–water partition coefficient (Wildman–Crippen LogP) is 7.41. The Morgan fingerprint density at radius 2 is 1.68 bits per heavy atom. The van der Waals surface area contributed by atoms with Crippen molar-refractivity contribution in [1.29, 1.82) is 0 Å². The number of halogens is 5. The Kier molecular flexibility index (Phi) is 8.68. The fraction of sp³-hybridized carbons (Fsp3) is 0.154. The minimum atomic E-state index is -4.78. The highest BCUT2D eigenvalue weighted by molar-refractivity contribution is 7.98. The van der Waals surface area contributed by atoms with Crippen molar-refractivity contribution in [2.75, 3.05) is 12.3 Å². The van der Waals surface area contributed by atoms with Crippen LogP contribution >= 0.6 is 35.0 Å². The van der Waals surface area contributed by atoms with Crippen LogP contribution in [0.3, 0.4) is 0 Å². The van der Waals surface area contributed by atoms with Gasteiger partial charge in [0, 0.05) is 33.8 Å². The average molecular weight is 566 g/mol. The van der Waals surface area contributed by atoms with E-state index in [1.54, 1.807) is 64.9 Å². The Balaban J connectivity index is 1.40. The number of aromatic nitrogens is 2. The number of carbonyl (C=O) groups is 1. The molecule has 0 aliphatic carbocycles. The van der Waals surface area contributed by atoms with Crippen LogP contribution in [0.4, 0.5) is 13.2 Å². The molecule has 1 amide bonds. The van der Waals surface area contributed by atoms with Gasteiger partial charge in [0.1, 0.15) is 11.4 Å². The van der Waals surface area contributed by atoms with E-state index in [4.69, 9.17) is 23.2 Å². The van der Waals surface area contributed by atoms with Gasteiger partial charge < -0.3 is 10.1 Å². The molecule has 4 aromatic rings. The monoisotopic (exact) mass is 565 g/mol. The van der Waals surface area contributed by atoms with Gasteiger partial charge in [0.05, 0.1) is 12.5 Å². The quantitative estimate of drug-likeness (QED) is 0.215. The van der Waals surface area contributed by atoms with Crippen molar-refractivity contribution >= 4 is 40.9 Å². The standard InChI is InChI=1S/C26H20Cl2F3N3O2S/c27-22-8-3-9-23(28)21(22)15-37-11-10-33-25(35)24-14-32-16-34(24)19-6-1-4-17(12-19)18-5-2-7-20(13-18)36-26(29,30)31/h1-9,12-14,16H,10-11,15H2,(H,33,35). The zero-order valence-electron chi connectivity index (χ0n) is 19.1. The number of rotatable bonds is 9. The van der Waals surface area contributed by atoms with Crippen molar-refractivity contribution in [1.82, 2.24) is 14.9 Å². The number of thioether (sulfide) groups is 1. The molecule has 0 aliphatic heterocycles. The molecule has 0 radical (unpaired) electrons. The number of hydrogen-bond donors (Lipinski definition) is 1. The Bertz CT molecular complexity index is 1380. The SMILES string of the molecule is O=C(NCCSCc1c(Cl)cccc1Cl)c1cncn1-c1cccc(-c2cccc(OC(F)(F)F)c2)c1. The number of ether oxygens (including phenoxy) is 1. The van der Waals surface area contributed by atoms with Crippen molar-refractivity contribution < 1.29 is 22.7 Å². The summed E-state index contributed by atoms with van der Waals surface area (Å²) >= 11 is 14.0. The third-order valence-corrected chi connectivity index (χ3v) is 6.93. The van der Waals surface area contributed by atoms with Gasteiger partial charge in [-0.15, -0.1) is 13.2 Å². The lowest BCUT2D eigenvalue weighted by Crippen LogP contribution is -2.27. The Morgan fingerprint density at radius 1 is 1.00 bits per heavy atom. The first kappa shape index (κ1) is 26.9. The topological polar surface area (TPSA) is 56.2 Å². The van der Waals surface area contributed by atoms with Crippen molar-refractivity contribution in [2.45, 2.75) is 12.1 Å². The molecule has 0 bridgehead atoms. The molecule has 3 aromatic carbocycles. The number of amides is 1. The molecule has 1 N–H and O–H groups in total. The van der Waals surface area contributed by atoms with E-state index < -0.39 is 6.36 Å². The zero-order valence-corrected chi connectivity index (χ0v) is 21.5. The highest BCUT2D eigenvalue weighted by atomic mass is 35.5. The molecule has 192 valence electrons. The molecular formula is C26H20Cl2F3N3O2S. The fourth-order valence-corrected chi connectivity index (χ4v) is 5.14. The molecule has 1 heterocycles. The van der Waals surface area contributed by atoms with Crippen LogP contribution in [0.2, 0.25) is 10.0 Å². The lowest BCUT2D eigenvalue weighted by atomic mass is 10.0. The van der Waals surface area contributed by atoms with Crippen LogP contribution in [0.5, 0.6) is 5.75 Å². The summed E-state index contributed by atoms with van der Waals surface area (Å²) in [5.41, 5.74) is 3.00. The Labute approximate surface area is 225 Å². The minimum Gasteiger partial charge on any atom is -0.406 e. The van der Waals surface area contributed by atoms with Crippen LogP contribution in [0.25, 0.3) is 16.8 Å². The van der Waals surface area contributed by atoms with Gasteiger partial charge in [-0.1, -0.05) is 53.5 Å². The lowest BCUT2D eigenvalue weighted by Gasteiger charge is -2.12. The third kappa shape index (κ3) is 7.21. The number of benzene rings is 3. The van der Waals surface area contributed by atoms with Crippen molar-refractivity contribution in [2.24, 2.45) is 0 Å². The van der Waals surface area contributed by atoms with E-state index in [1.165, 1.54) is 30.7 Å². The van der Waals surface area contributed by atoms with Crippen molar-refractivity contribution in [3.63, 3.8) is 0 Å². The second-order valence-corrected chi connectivity index (χ2v) is 9.70. The number of nitrogens with zero attached hydrogens (tertiary/aromatic N) is 2. The summed E-state index contributed by atoms with van der Waals surface area (Å²) in [7, 11) is 0. The third-order valence-electron chi connectivity index (χ3n) is 5.24. The number of alkyl halides is 3. The molecule has 4 rings (SSSR count). The first-order valence-electron chi connectivity index (χ1n) is 11.0. The van der Waals surface area contributed by atoms with Gasteiger partial charge in [-0.3, -0.25) is 9.36 Å². The molecule has 0 aliphatic rings.